The van der Waals surface area contributed by atoms with Crippen molar-refractivity contribution in [3.05, 3.63) is 41.0 Å². The van der Waals surface area contributed by atoms with Gasteiger partial charge in [-0.25, -0.2) is 9.18 Å². The number of benzene rings is 1. The number of likely N-dealkylation sites (tertiary alicyclic amines) is 1. The zero-order valence-electron chi connectivity index (χ0n) is 20.7. The number of ether oxygens (including phenoxy) is 1. The highest BCUT2D eigenvalue weighted by atomic mass is 19.1. The molecule has 1 saturated carbocycles. The summed E-state index contributed by atoms with van der Waals surface area (Å²) in [4.78, 5) is 27.6. The van der Waals surface area contributed by atoms with E-state index in [4.69, 9.17) is 9.26 Å². The van der Waals surface area contributed by atoms with Gasteiger partial charge in [-0.3, -0.25) is 9.69 Å². The zero-order chi connectivity index (χ0) is 25.5. The number of aryl methyl sites for hydroxylation is 2. The van der Waals surface area contributed by atoms with E-state index in [0.717, 1.165) is 24.8 Å². The SMILES string of the molecule is Cc1noc(C)c1-c1ccc(C[C@@H](C#N)NC(=O)[C@@H]2[C@H]3CC[C@H](C3)N2C(=O)OC(C)(C)C)c(F)c1. The summed E-state index contributed by atoms with van der Waals surface area (Å²) >= 11 is 0. The van der Waals surface area contributed by atoms with Gasteiger partial charge < -0.3 is 14.6 Å². The molecule has 35 heavy (non-hydrogen) atoms. The van der Waals surface area contributed by atoms with E-state index in [9.17, 15) is 19.2 Å². The number of amides is 2. The van der Waals surface area contributed by atoms with Crippen molar-refractivity contribution in [2.24, 2.45) is 5.92 Å². The number of aromatic nitrogens is 1. The van der Waals surface area contributed by atoms with Gasteiger partial charge in [0.1, 0.15) is 29.3 Å². The van der Waals surface area contributed by atoms with Gasteiger partial charge in [0.15, 0.2) is 0 Å². The van der Waals surface area contributed by atoms with E-state index in [0.29, 0.717) is 22.6 Å². The molecule has 8 nitrogen and oxygen atoms in total. The van der Waals surface area contributed by atoms with Gasteiger partial charge in [-0.15, -0.1) is 0 Å². The zero-order valence-corrected chi connectivity index (χ0v) is 20.7. The Morgan fingerprint density at radius 2 is 2.09 bits per heavy atom. The number of nitrogens with one attached hydrogen (secondary N) is 1. The van der Waals surface area contributed by atoms with Crippen LogP contribution in [0.15, 0.2) is 22.7 Å². The van der Waals surface area contributed by atoms with Crippen molar-refractivity contribution in [3.63, 3.8) is 0 Å². The number of fused-ring (bicyclic) bond motifs is 2. The number of carbonyl (C=O) groups is 2. The summed E-state index contributed by atoms with van der Waals surface area (Å²) in [6, 6.07) is 5.13. The first-order valence-corrected chi connectivity index (χ1v) is 11.9. The van der Waals surface area contributed by atoms with Crippen LogP contribution in [0.3, 0.4) is 0 Å². The highest BCUT2D eigenvalue weighted by molar-refractivity contribution is 5.87. The molecular formula is C26H31FN4O4. The average Bonchev–Trinajstić information content (AvgIpc) is 3.48. The smallest absolute Gasteiger partial charge is 0.411 e. The third-order valence-corrected chi connectivity index (χ3v) is 6.73. The van der Waals surface area contributed by atoms with Crippen LogP contribution in [0.1, 0.15) is 57.1 Å². The summed E-state index contributed by atoms with van der Waals surface area (Å²) in [7, 11) is 0. The van der Waals surface area contributed by atoms with Crippen LogP contribution in [0.2, 0.25) is 0 Å². The molecule has 2 amide bonds. The Balaban J connectivity index is 1.47. The Labute approximate surface area is 204 Å². The molecule has 2 heterocycles. The van der Waals surface area contributed by atoms with Crippen molar-refractivity contribution < 1.29 is 23.2 Å². The minimum atomic E-state index is -0.943. The lowest BCUT2D eigenvalue weighted by Gasteiger charge is -2.35. The largest absolute Gasteiger partial charge is 0.444 e. The Kier molecular flexibility index (Phi) is 6.58. The van der Waals surface area contributed by atoms with Crippen molar-refractivity contribution in [1.29, 1.82) is 5.26 Å². The normalized spacial score (nSPS) is 22.1. The quantitative estimate of drug-likeness (QED) is 0.675. The molecule has 2 aromatic rings. The van der Waals surface area contributed by atoms with Gasteiger partial charge in [0.25, 0.3) is 0 Å². The number of rotatable bonds is 5. The van der Waals surface area contributed by atoms with Crippen molar-refractivity contribution in [2.45, 2.75) is 84.0 Å². The maximum Gasteiger partial charge on any atom is 0.411 e. The molecule has 1 aromatic carbocycles. The van der Waals surface area contributed by atoms with Gasteiger partial charge in [0.05, 0.1) is 11.8 Å². The Morgan fingerprint density at radius 1 is 1.34 bits per heavy atom. The van der Waals surface area contributed by atoms with Crippen LogP contribution in [-0.2, 0) is 16.0 Å². The second kappa shape index (κ2) is 9.33. The molecule has 4 rings (SSSR count). The molecule has 0 radical (unpaired) electrons. The standard InChI is InChI=1S/C26H31FN4O4/c1-14-22(15(2)35-30-14)17-7-6-16(21(27)12-17)10-19(13-28)29-24(32)23-18-8-9-20(11-18)31(23)25(33)34-26(3,4)5/h6-7,12,18-20,23H,8-11H2,1-5H3,(H,29,32)/t18-,19-,20+,23-/m0/s1. The van der Waals surface area contributed by atoms with E-state index in [-0.39, 0.29) is 18.4 Å². The van der Waals surface area contributed by atoms with Crippen LogP contribution in [0.5, 0.6) is 0 Å². The summed E-state index contributed by atoms with van der Waals surface area (Å²) in [6.45, 7) is 8.90. The second-order valence-corrected chi connectivity index (χ2v) is 10.5. The molecule has 4 atom stereocenters. The average molecular weight is 483 g/mol. The summed E-state index contributed by atoms with van der Waals surface area (Å²) in [5.74, 6) is -0.259. The lowest BCUT2D eigenvalue weighted by atomic mass is 9.96. The molecule has 186 valence electrons. The van der Waals surface area contributed by atoms with Gasteiger partial charge in [-0.05, 0) is 77.0 Å². The molecule has 9 heteroatoms. The predicted octanol–water partition coefficient (Wildman–Crippen LogP) is 4.44. The number of piperidine rings is 1. The van der Waals surface area contributed by atoms with Crippen LogP contribution in [-0.4, -0.2) is 45.8 Å². The molecule has 2 fully saturated rings. The van der Waals surface area contributed by atoms with Crippen molar-refractivity contribution >= 4 is 12.0 Å². The van der Waals surface area contributed by atoms with E-state index >= 15 is 0 Å². The first-order valence-electron chi connectivity index (χ1n) is 11.9. The van der Waals surface area contributed by atoms with Crippen LogP contribution in [0, 0.1) is 36.9 Å². The van der Waals surface area contributed by atoms with E-state index in [1.165, 1.54) is 11.0 Å². The van der Waals surface area contributed by atoms with Crippen LogP contribution >= 0.6 is 0 Å². The molecule has 1 aliphatic heterocycles. The third kappa shape index (κ3) is 5.02. The molecule has 0 spiro atoms. The fourth-order valence-corrected chi connectivity index (χ4v) is 5.27. The topological polar surface area (TPSA) is 108 Å². The van der Waals surface area contributed by atoms with Crippen LogP contribution < -0.4 is 5.32 Å². The van der Waals surface area contributed by atoms with Crippen molar-refractivity contribution in [1.82, 2.24) is 15.4 Å². The lowest BCUT2D eigenvalue weighted by Crippen LogP contribution is -2.55. The predicted molar refractivity (Wildman–Crippen MR) is 126 cm³/mol. The number of carbonyl (C=O) groups excluding carboxylic acids is 2. The highest BCUT2D eigenvalue weighted by Crippen LogP contribution is 2.43. The molecule has 1 saturated heterocycles. The Bertz CT molecular complexity index is 1160. The molecule has 2 aliphatic rings. The molecule has 1 aromatic heterocycles. The second-order valence-electron chi connectivity index (χ2n) is 10.5. The molecule has 1 N–H and O–H groups in total. The van der Waals surface area contributed by atoms with Crippen molar-refractivity contribution in [3.8, 4) is 17.2 Å². The molecule has 0 unspecified atom stereocenters. The van der Waals surface area contributed by atoms with E-state index < -0.39 is 35.5 Å². The number of halogens is 1. The fraction of sp³-hybridized carbons (Fsp3) is 0.538. The first kappa shape index (κ1) is 24.7. The molecular weight excluding hydrogens is 451 g/mol. The monoisotopic (exact) mass is 482 g/mol. The van der Waals surface area contributed by atoms with Gasteiger partial charge in [0.2, 0.25) is 5.91 Å². The number of nitriles is 1. The molecule has 1 aliphatic carbocycles. The maximum absolute atomic E-state index is 14.9. The van der Waals surface area contributed by atoms with Gasteiger partial charge in [0, 0.05) is 18.0 Å². The highest BCUT2D eigenvalue weighted by Gasteiger charge is 2.52. The lowest BCUT2D eigenvalue weighted by molar-refractivity contribution is -0.128. The maximum atomic E-state index is 14.9. The van der Waals surface area contributed by atoms with E-state index in [1.54, 1.807) is 46.8 Å². The van der Waals surface area contributed by atoms with E-state index in [1.807, 2.05) is 0 Å². The van der Waals surface area contributed by atoms with Gasteiger partial charge in [-0.2, -0.15) is 5.26 Å². The van der Waals surface area contributed by atoms with Gasteiger partial charge >= 0.3 is 6.09 Å². The number of hydrogen-bond donors (Lipinski definition) is 1. The summed E-state index contributed by atoms with van der Waals surface area (Å²) in [6.07, 6.45) is 1.91. The van der Waals surface area contributed by atoms with Crippen LogP contribution in [0.4, 0.5) is 9.18 Å². The molecule has 2 bridgehead atoms. The Morgan fingerprint density at radius 3 is 2.69 bits per heavy atom. The minimum Gasteiger partial charge on any atom is -0.444 e. The van der Waals surface area contributed by atoms with E-state index in [2.05, 4.69) is 16.5 Å². The number of hydrogen-bond acceptors (Lipinski definition) is 6. The third-order valence-electron chi connectivity index (χ3n) is 6.73. The van der Waals surface area contributed by atoms with Crippen molar-refractivity contribution in [2.75, 3.05) is 0 Å². The Hall–Kier alpha value is -3.41. The van der Waals surface area contributed by atoms with Crippen LogP contribution in [0.25, 0.3) is 11.1 Å². The number of nitrogens with zero attached hydrogens (tertiary/aromatic N) is 3. The first-order chi connectivity index (χ1) is 16.5. The van der Waals surface area contributed by atoms with Gasteiger partial charge in [-0.1, -0.05) is 17.3 Å². The summed E-state index contributed by atoms with van der Waals surface area (Å²) < 4.78 is 25.7. The summed E-state index contributed by atoms with van der Waals surface area (Å²) in [5.41, 5.74) is 1.67. The fourth-order valence-electron chi connectivity index (χ4n) is 5.27. The minimum absolute atomic E-state index is 0.00318. The summed E-state index contributed by atoms with van der Waals surface area (Å²) in [5, 5.41) is 16.3.